The van der Waals surface area contributed by atoms with Crippen LogP contribution in [-0.4, -0.2) is 24.5 Å². The lowest BCUT2D eigenvalue weighted by Gasteiger charge is -2.20. The lowest BCUT2D eigenvalue weighted by atomic mass is 9.87. The molecule has 0 atom stereocenters. The summed E-state index contributed by atoms with van der Waals surface area (Å²) in [6.45, 7) is 9.95. The first-order valence-electron chi connectivity index (χ1n) is 11.1. The van der Waals surface area contributed by atoms with Gasteiger partial charge in [0, 0.05) is 24.7 Å². The summed E-state index contributed by atoms with van der Waals surface area (Å²) < 4.78 is 11.8. The van der Waals surface area contributed by atoms with Crippen molar-refractivity contribution in [2.45, 2.75) is 46.3 Å². The Morgan fingerprint density at radius 3 is 2.22 bits per heavy atom. The van der Waals surface area contributed by atoms with Crippen molar-refractivity contribution in [3.8, 4) is 11.5 Å². The van der Waals surface area contributed by atoms with Crippen molar-refractivity contribution in [1.82, 2.24) is 4.90 Å². The standard InChI is InChI=1S/C28H33NO3/c1-6-31-26-17-12-22(27(30)29(5)19-21-10-8-7-9-11-21)18-23(26)20-32-25-15-13-24(14-16-25)28(2,3)4/h7-18H,6,19-20H2,1-5H3. The fraction of sp³-hybridized carbons (Fsp3) is 0.321. The highest BCUT2D eigenvalue weighted by Crippen LogP contribution is 2.26. The first-order valence-corrected chi connectivity index (χ1v) is 11.1. The van der Waals surface area contributed by atoms with Crippen LogP contribution >= 0.6 is 0 Å². The summed E-state index contributed by atoms with van der Waals surface area (Å²) in [6, 6.07) is 23.7. The molecule has 0 bridgehead atoms. The van der Waals surface area contributed by atoms with Crippen molar-refractivity contribution in [1.29, 1.82) is 0 Å². The van der Waals surface area contributed by atoms with Crippen LogP contribution in [0.2, 0.25) is 0 Å². The van der Waals surface area contributed by atoms with Crippen LogP contribution in [0.25, 0.3) is 0 Å². The predicted molar refractivity (Wildman–Crippen MR) is 129 cm³/mol. The smallest absolute Gasteiger partial charge is 0.253 e. The van der Waals surface area contributed by atoms with Gasteiger partial charge in [-0.25, -0.2) is 0 Å². The second-order valence-electron chi connectivity index (χ2n) is 8.97. The van der Waals surface area contributed by atoms with E-state index in [1.807, 2.05) is 74.6 Å². The Bertz CT molecular complexity index is 1020. The van der Waals surface area contributed by atoms with Crippen LogP contribution in [0.4, 0.5) is 0 Å². The van der Waals surface area contributed by atoms with Gasteiger partial charge >= 0.3 is 0 Å². The van der Waals surface area contributed by atoms with Crippen molar-refractivity contribution < 1.29 is 14.3 Å². The van der Waals surface area contributed by atoms with E-state index in [1.165, 1.54) is 5.56 Å². The molecule has 0 aromatic heterocycles. The number of benzene rings is 3. The molecule has 0 heterocycles. The Morgan fingerprint density at radius 2 is 1.59 bits per heavy atom. The van der Waals surface area contributed by atoms with Crippen molar-refractivity contribution >= 4 is 5.91 Å². The number of carbonyl (C=O) groups excluding carboxylic acids is 1. The van der Waals surface area contributed by atoms with E-state index in [0.29, 0.717) is 25.3 Å². The van der Waals surface area contributed by atoms with Crippen LogP contribution in [0.3, 0.4) is 0 Å². The molecule has 0 unspecified atom stereocenters. The molecule has 3 aromatic rings. The molecule has 0 spiro atoms. The maximum absolute atomic E-state index is 13.0. The fourth-order valence-electron chi connectivity index (χ4n) is 3.48. The third-order valence-electron chi connectivity index (χ3n) is 5.33. The van der Waals surface area contributed by atoms with Gasteiger partial charge in [-0.1, -0.05) is 63.2 Å². The molecule has 0 fully saturated rings. The van der Waals surface area contributed by atoms with Gasteiger partial charge in [0.1, 0.15) is 18.1 Å². The molecule has 32 heavy (non-hydrogen) atoms. The third-order valence-corrected chi connectivity index (χ3v) is 5.33. The van der Waals surface area contributed by atoms with Crippen LogP contribution in [0, 0.1) is 0 Å². The van der Waals surface area contributed by atoms with Gasteiger partial charge in [0.15, 0.2) is 0 Å². The minimum Gasteiger partial charge on any atom is -0.493 e. The lowest BCUT2D eigenvalue weighted by molar-refractivity contribution is 0.0785. The van der Waals surface area contributed by atoms with E-state index in [1.54, 1.807) is 4.90 Å². The number of ether oxygens (including phenoxy) is 2. The van der Waals surface area contributed by atoms with Crippen molar-refractivity contribution in [2.75, 3.05) is 13.7 Å². The maximum atomic E-state index is 13.0. The summed E-state index contributed by atoms with van der Waals surface area (Å²) in [4.78, 5) is 14.7. The second-order valence-corrected chi connectivity index (χ2v) is 8.97. The van der Waals surface area contributed by atoms with Gasteiger partial charge < -0.3 is 14.4 Å². The Hall–Kier alpha value is -3.27. The van der Waals surface area contributed by atoms with Gasteiger partial charge in [-0.15, -0.1) is 0 Å². The summed E-state index contributed by atoms with van der Waals surface area (Å²) in [5.41, 5.74) is 3.92. The number of hydrogen-bond acceptors (Lipinski definition) is 3. The number of carbonyl (C=O) groups is 1. The molecular formula is C28H33NO3. The fourth-order valence-corrected chi connectivity index (χ4v) is 3.48. The molecule has 4 heteroatoms. The SMILES string of the molecule is CCOc1ccc(C(=O)N(C)Cc2ccccc2)cc1COc1ccc(C(C)(C)C)cc1. The van der Waals surface area contributed by atoms with Crippen molar-refractivity contribution in [2.24, 2.45) is 0 Å². The number of nitrogens with zero attached hydrogens (tertiary/aromatic N) is 1. The van der Waals surface area contributed by atoms with E-state index < -0.39 is 0 Å². The molecule has 0 N–H and O–H groups in total. The number of amides is 1. The molecule has 0 radical (unpaired) electrons. The first kappa shape index (κ1) is 23.4. The van der Waals surface area contributed by atoms with E-state index in [-0.39, 0.29) is 11.3 Å². The van der Waals surface area contributed by atoms with Gasteiger partial charge in [0.25, 0.3) is 5.91 Å². The quantitative estimate of drug-likeness (QED) is 0.424. The van der Waals surface area contributed by atoms with Gasteiger partial charge in [-0.2, -0.15) is 0 Å². The maximum Gasteiger partial charge on any atom is 0.253 e. The van der Waals surface area contributed by atoms with Crippen LogP contribution in [0.1, 0.15) is 54.7 Å². The topological polar surface area (TPSA) is 38.8 Å². The molecule has 0 aliphatic heterocycles. The summed E-state index contributed by atoms with van der Waals surface area (Å²) in [5, 5.41) is 0. The molecule has 3 rings (SSSR count). The van der Waals surface area contributed by atoms with Crippen LogP contribution in [-0.2, 0) is 18.6 Å². The third kappa shape index (κ3) is 6.13. The average Bonchev–Trinajstić information content (AvgIpc) is 2.78. The molecule has 4 nitrogen and oxygen atoms in total. The first-order chi connectivity index (χ1) is 15.3. The van der Waals surface area contributed by atoms with E-state index in [9.17, 15) is 4.79 Å². The minimum atomic E-state index is -0.0346. The highest BCUT2D eigenvalue weighted by Gasteiger charge is 2.16. The van der Waals surface area contributed by atoms with E-state index in [4.69, 9.17) is 9.47 Å². The van der Waals surface area contributed by atoms with Gasteiger partial charge in [-0.05, 0) is 53.8 Å². The van der Waals surface area contributed by atoms with E-state index in [0.717, 1.165) is 22.6 Å². The minimum absolute atomic E-state index is 0.0346. The van der Waals surface area contributed by atoms with E-state index in [2.05, 4.69) is 32.9 Å². The monoisotopic (exact) mass is 431 g/mol. The number of rotatable bonds is 8. The Morgan fingerprint density at radius 1 is 0.906 bits per heavy atom. The average molecular weight is 432 g/mol. The Labute approximate surface area is 191 Å². The van der Waals surface area contributed by atoms with Crippen molar-refractivity contribution in [3.05, 3.63) is 95.1 Å². The molecule has 0 aliphatic rings. The van der Waals surface area contributed by atoms with Gasteiger partial charge in [0.05, 0.1) is 6.61 Å². The number of hydrogen-bond donors (Lipinski definition) is 0. The molecule has 168 valence electrons. The summed E-state index contributed by atoms with van der Waals surface area (Å²) >= 11 is 0. The predicted octanol–water partition coefficient (Wildman–Crippen LogP) is 6.23. The second kappa shape index (κ2) is 10.4. The zero-order valence-electron chi connectivity index (χ0n) is 19.7. The van der Waals surface area contributed by atoms with Crippen LogP contribution in [0.5, 0.6) is 11.5 Å². The molecule has 0 saturated heterocycles. The molecule has 1 amide bonds. The Kier molecular flexibility index (Phi) is 7.57. The molecule has 0 aliphatic carbocycles. The highest BCUT2D eigenvalue weighted by atomic mass is 16.5. The highest BCUT2D eigenvalue weighted by molar-refractivity contribution is 5.94. The largest absolute Gasteiger partial charge is 0.493 e. The molecular weight excluding hydrogens is 398 g/mol. The normalized spacial score (nSPS) is 11.2. The van der Waals surface area contributed by atoms with Crippen molar-refractivity contribution in [3.63, 3.8) is 0 Å². The van der Waals surface area contributed by atoms with E-state index >= 15 is 0 Å². The molecule has 3 aromatic carbocycles. The Balaban J connectivity index is 1.74. The zero-order valence-corrected chi connectivity index (χ0v) is 19.7. The van der Waals surface area contributed by atoms with Gasteiger partial charge in [0.2, 0.25) is 0 Å². The van der Waals surface area contributed by atoms with Crippen LogP contribution in [0.15, 0.2) is 72.8 Å². The summed E-state index contributed by atoms with van der Waals surface area (Å²) in [5.74, 6) is 1.49. The van der Waals surface area contributed by atoms with Crippen LogP contribution < -0.4 is 9.47 Å². The summed E-state index contributed by atoms with van der Waals surface area (Å²) in [7, 11) is 1.82. The lowest BCUT2D eigenvalue weighted by Crippen LogP contribution is -2.26. The van der Waals surface area contributed by atoms with Gasteiger partial charge in [-0.3, -0.25) is 4.79 Å². The summed E-state index contributed by atoms with van der Waals surface area (Å²) in [6.07, 6.45) is 0. The zero-order chi connectivity index (χ0) is 23.1. The molecule has 0 saturated carbocycles.